The molecule has 0 bridgehead atoms. The topological polar surface area (TPSA) is 219 Å². The summed E-state index contributed by atoms with van der Waals surface area (Å²) >= 11 is 0. The van der Waals surface area contributed by atoms with Gasteiger partial charge in [-0.2, -0.15) is 0 Å². The molecule has 0 unspecified atom stereocenters. The van der Waals surface area contributed by atoms with Crippen molar-refractivity contribution in [2.24, 2.45) is 0 Å². The predicted octanol–water partition coefficient (Wildman–Crippen LogP) is -10.8. The number of hydrogen-bond acceptors (Lipinski definition) is 10. The molecule has 0 saturated carbocycles. The van der Waals surface area contributed by atoms with E-state index in [0.717, 1.165) is 0 Å². The largest absolute Gasteiger partial charge is 1.00 e. The first-order valence-corrected chi connectivity index (χ1v) is 5.47. The van der Waals surface area contributed by atoms with Gasteiger partial charge in [-0.25, -0.2) is 4.79 Å². The van der Waals surface area contributed by atoms with Crippen molar-refractivity contribution in [1.82, 2.24) is 0 Å². The van der Waals surface area contributed by atoms with Crippen LogP contribution in [0.25, 0.3) is 0 Å². The van der Waals surface area contributed by atoms with E-state index in [9.17, 15) is 4.79 Å². The number of aliphatic hydroxyl groups is 5. The minimum Gasteiger partial charge on any atom is -0.759 e. The molecule has 0 aliphatic rings. The average molecular weight is 338 g/mol. The second kappa shape index (κ2) is 13.8. The number of aliphatic carboxylic acids is 1. The smallest absolute Gasteiger partial charge is 0.759 e. The molecule has 0 radical (unpaired) electrons. The molecule has 11 nitrogen and oxygen atoms in total. The molecule has 6 N–H and O–H groups in total. The molecule has 110 valence electrons. The van der Waals surface area contributed by atoms with Crippen LogP contribution in [0.3, 0.4) is 0 Å². The molecular weight excluding hydrogens is 326 g/mol. The minimum absolute atomic E-state index is 0. The van der Waals surface area contributed by atoms with Crippen molar-refractivity contribution in [3.05, 3.63) is 0 Å². The van der Waals surface area contributed by atoms with Crippen molar-refractivity contribution >= 4 is 16.4 Å². The van der Waals surface area contributed by atoms with Gasteiger partial charge in [-0.1, -0.05) is 0 Å². The second-order valence-corrected chi connectivity index (χ2v) is 3.74. The average Bonchev–Trinajstić information content (AvgIpc) is 2.22. The van der Waals surface area contributed by atoms with Crippen molar-refractivity contribution in [2.45, 2.75) is 24.4 Å². The zero-order chi connectivity index (χ0) is 15.1. The Kier molecular flexibility index (Phi) is 20.1. The number of rotatable bonds is 5. The van der Waals surface area contributed by atoms with Crippen molar-refractivity contribution in [1.29, 1.82) is 0 Å². The van der Waals surface area contributed by atoms with Gasteiger partial charge in [0.05, 0.1) is 6.61 Å². The summed E-state index contributed by atoms with van der Waals surface area (Å²) < 4.78 is 34.1. The summed E-state index contributed by atoms with van der Waals surface area (Å²) in [6.07, 6.45) is -7.84. The Hall–Kier alpha value is 1.14. The van der Waals surface area contributed by atoms with Crippen LogP contribution in [0, 0.1) is 0 Å². The Labute approximate surface area is 158 Å². The van der Waals surface area contributed by atoms with Gasteiger partial charge in [0, 0.05) is 10.4 Å². The summed E-state index contributed by atoms with van der Waals surface area (Å²) in [6, 6.07) is 0. The molecular formula is C6H12Na2O11S. The summed E-state index contributed by atoms with van der Waals surface area (Å²) in [4.78, 5) is 10.1. The molecule has 14 heteroatoms. The van der Waals surface area contributed by atoms with Gasteiger partial charge in [-0.15, -0.1) is 0 Å². The van der Waals surface area contributed by atoms with Gasteiger partial charge in [0.1, 0.15) is 18.3 Å². The fraction of sp³-hybridized carbons (Fsp3) is 0.833. The van der Waals surface area contributed by atoms with Gasteiger partial charge < -0.3 is 39.7 Å². The van der Waals surface area contributed by atoms with E-state index in [-0.39, 0.29) is 59.1 Å². The molecule has 0 spiro atoms. The molecule has 0 rings (SSSR count). The van der Waals surface area contributed by atoms with Crippen LogP contribution in [-0.2, 0) is 15.2 Å². The first-order valence-electron chi connectivity index (χ1n) is 4.14. The van der Waals surface area contributed by atoms with Gasteiger partial charge in [0.25, 0.3) is 0 Å². The first kappa shape index (κ1) is 29.2. The summed E-state index contributed by atoms with van der Waals surface area (Å²) in [7, 11) is -5.17. The molecule has 0 aromatic carbocycles. The fourth-order valence-electron chi connectivity index (χ4n) is 0.668. The number of carboxylic acids is 1. The third-order valence-electron chi connectivity index (χ3n) is 1.51. The zero-order valence-corrected chi connectivity index (χ0v) is 15.5. The van der Waals surface area contributed by atoms with Crippen LogP contribution in [0.4, 0.5) is 0 Å². The van der Waals surface area contributed by atoms with E-state index in [0.29, 0.717) is 0 Å². The molecule has 0 saturated heterocycles. The molecule has 0 aliphatic carbocycles. The maximum Gasteiger partial charge on any atom is 1.00 e. The third-order valence-corrected chi connectivity index (χ3v) is 1.51. The van der Waals surface area contributed by atoms with Crippen LogP contribution >= 0.6 is 0 Å². The molecule has 4 atom stereocenters. The van der Waals surface area contributed by atoms with Crippen LogP contribution in [0.1, 0.15) is 0 Å². The third kappa shape index (κ3) is 17.2. The van der Waals surface area contributed by atoms with Crippen LogP contribution in [0.2, 0.25) is 0 Å². The maximum absolute atomic E-state index is 10.1. The van der Waals surface area contributed by atoms with Crippen molar-refractivity contribution < 1.29 is 112 Å². The van der Waals surface area contributed by atoms with Crippen LogP contribution in [0.15, 0.2) is 0 Å². The number of aliphatic hydroxyl groups excluding tert-OH is 5. The second-order valence-electron chi connectivity index (χ2n) is 2.92. The Bertz CT molecular complexity index is 339. The van der Waals surface area contributed by atoms with E-state index < -0.39 is 47.4 Å². The van der Waals surface area contributed by atoms with Gasteiger partial charge in [0.2, 0.25) is 0 Å². The number of carbonyl (C=O) groups is 1. The Morgan fingerprint density at radius 1 is 1.00 bits per heavy atom. The molecule has 0 aromatic heterocycles. The van der Waals surface area contributed by atoms with E-state index >= 15 is 0 Å². The van der Waals surface area contributed by atoms with Crippen LogP contribution in [0.5, 0.6) is 0 Å². The van der Waals surface area contributed by atoms with E-state index in [4.69, 9.17) is 48.2 Å². The summed E-state index contributed by atoms with van der Waals surface area (Å²) in [5, 5.41) is 51.8. The van der Waals surface area contributed by atoms with Gasteiger partial charge in [0.15, 0.2) is 6.10 Å². The summed E-state index contributed by atoms with van der Waals surface area (Å²) in [6.45, 7) is -0.843. The Morgan fingerprint density at radius 3 is 1.50 bits per heavy atom. The van der Waals surface area contributed by atoms with Gasteiger partial charge >= 0.3 is 65.1 Å². The van der Waals surface area contributed by atoms with Crippen molar-refractivity contribution in [3.8, 4) is 0 Å². The molecule has 20 heavy (non-hydrogen) atoms. The Morgan fingerprint density at radius 2 is 1.30 bits per heavy atom. The summed E-state index contributed by atoms with van der Waals surface area (Å²) in [5.41, 5.74) is 0. The predicted molar refractivity (Wildman–Crippen MR) is 49.2 cm³/mol. The molecule has 0 heterocycles. The van der Waals surface area contributed by atoms with Gasteiger partial charge in [-0.3, -0.25) is 8.42 Å². The number of hydrogen-bond donors (Lipinski definition) is 6. The maximum atomic E-state index is 10.1. The normalized spacial score (nSPS) is 16.1. The first-order chi connectivity index (χ1) is 7.91. The monoisotopic (exact) mass is 338 g/mol. The van der Waals surface area contributed by atoms with E-state index in [1.54, 1.807) is 0 Å². The summed E-state index contributed by atoms with van der Waals surface area (Å²) in [5.74, 6) is -1.73. The minimum atomic E-state index is -5.17. The fourth-order valence-corrected chi connectivity index (χ4v) is 0.668. The standard InChI is InChI=1S/C6H12O7.2Na.H2O4S/c7-1-2(8)3(9)4(10)5(11)6(12)13;;;1-5(2,3)4/h2-5,7-11H,1H2,(H,12,13);;;(H2,1,2,3,4)/q;2*+1;/p-2/t2-,3-,4+,5-;;;/m1.../s1. The molecule has 0 fully saturated rings. The van der Waals surface area contributed by atoms with E-state index in [2.05, 4.69) is 0 Å². The molecule has 0 amide bonds. The SMILES string of the molecule is O=C(O)[C@H](O)[C@@H](O)[C@H](O)[C@H](O)CO.O=S(=O)([O-])[O-].[Na+].[Na+]. The van der Waals surface area contributed by atoms with Gasteiger partial charge in [-0.05, 0) is 0 Å². The Balaban J connectivity index is -0.000000158. The number of carboxylic acid groups (broad SMARTS) is 1. The van der Waals surface area contributed by atoms with E-state index in [1.165, 1.54) is 0 Å². The molecule has 0 aromatic rings. The van der Waals surface area contributed by atoms with Crippen molar-refractivity contribution in [3.63, 3.8) is 0 Å². The van der Waals surface area contributed by atoms with Crippen molar-refractivity contribution in [2.75, 3.05) is 6.61 Å². The van der Waals surface area contributed by atoms with E-state index in [1.807, 2.05) is 0 Å². The molecule has 0 aliphatic heterocycles. The van der Waals surface area contributed by atoms with Crippen LogP contribution in [-0.4, -0.2) is 85.2 Å². The van der Waals surface area contributed by atoms with Crippen LogP contribution < -0.4 is 59.1 Å². The quantitative estimate of drug-likeness (QED) is 0.157. The zero-order valence-electron chi connectivity index (χ0n) is 10.6.